The van der Waals surface area contributed by atoms with Gasteiger partial charge in [0.25, 0.3) is 0 Å². The molecule has 1 amide bonds. The number of para-hydroxylation sites is 1. The number of aryl methyl sites for hydroxylation is 1. The second kappa shape index (κ2) is 8.99. The lowest BCUT2D eigenvalue weighted by Crippen LogP contribution is -2.49. The molecule has 0 bridgehead atoms. The van der Waals surface area contributed by atoms with E-state index in [4.69, 9.17) is 4.74 Å². The van der Waals surface area contributed by atoms with Gasteiger partial charge in [-0.05, 0) is 19.1 Å². The van der Waals surface area contributed by atoms with Gasteiger partial charge in [0, 0.05) is 43.9 Å². The highest BCUT2D eigenvalue weighted by Crippen LogP contribution is 2.19. The molecule has 1 aliphatic heterocycles. The second-order valence-electron chi connectivity index (χ2n) is 7.28. The molecule has 6 nitrogen and oxygen atoms in total. The Morgan fingerprint density at radius 3 is 2.57 bits per heavy atom. The zero-order chi connectivity index (χ0) is 20.1. The summed E-state index contributed by atoms with van der Waals surface area (Å²) in [4.78, 5) is 25.6. The van der Waals surface area contributed by atoms with E-state index in [0.29, 0.717) is 13.1 Å². The SMILES string of the molecule is Cc1cc(N2CCN(C(=O)CCOc3ccccc3F)CC2)nc(C(C)C)n1. The molecule has 0 spiro atoms. The summed E-state index contributed by atoms with van der Waals surface area (Å²) in [5, 5.41) is 0. The minimum Gasteiger partial charge on any atom is -0.490 e. The van der Waals surface area contributed by atoms with E-state index in [1.54, 1.807) is 18.2 Å². The smallest absolute Gasteiger partial charge is 0.226 e. The summed E-state index contributed by atoms with van der Waals surface area (Å²) in [6, 6.07) is 8.21. The second-order valence-corrected chi connectivity index (χ2v) is 7.28. The predicted octanol–water partition coefficient (Wildman–Crippen LogP) is 3.17. The average Bonchev–Trinajstić information content (AvgIpc) is 2.69. The van der Waals surface area contributed by atoms with E-state index in [9.17, 15) is 9.18 Å². The molecule has 1 saturated heterocycles. The molecule has 1 aromatic carbocycles. The molecular weight excluding hydrogens is 359 g/mol. The molecule has 0 atom stereocenters. The standard InChI is InChI=1S/C21H27FN4O2/c1-15(2)21-23-16(3)14-19(24-21)25-9-11-26(12-10-25)20(27)8-13-28-18-7-5-4-6-17(18)22/h4-7,14-15H,8-13H2,1-3H3. The highest BCUT2D eigenvalue weighted by atomic mass is 19.1. The number of carbonyl (C=O) groups excluding carboxylic acids is 1. The van der Waals surface area contributed by atoms with E-state index in [1.807, 2.05) is 17.9 Å². The number of halogens is 1. The molecule has 1 aromatic heterocycles. The fourth-order valence-corrected chi connectivity index (χ4v) is 3.15. The molecule has 0 unspecified atom stereocenters. The molecule has 28 heavy (non-hydrogen) atoms. The van der Waals surface area contributed by atoms with Crippen LogP contribution in [0.25, 0.3) is 0 Å². The molecule has 0 N–H and O–H groups in total. The number of carbonyl (C=O) groups is 1. The minimum atomic E-state index is -0.413. The lowest BCUT2D eigenvalue weighted by atomic mass is 10.2. The Labute approximate surface area is 165 Å². The van der Waals surface area contributed by atoms with Crippen LogP contribution in [0.3, 0.4) is 0 Å². The van der Waals surface area contributed by atoms with Gasteiger partial charge in [-0.25, -0.2) is 14.4 Å². The number of piperazine rings is 1. The maximum atomic E-state index is 13.5. The van der Waals surface area contributed by atoms with Crippen molar-refractivity contribution in [2.45, 2.75) is 33.1 Å². The first-order chi connectivity index (χ1) is 13.4. The van der Waals surface area contributed by atoms with Gasteiger partial charge in [0.05, 0.1) is 13.0 Å². The molecule has 2 aromatic rings. The molecule has 2 heterocycles. The van der Waals surface area contributed by atoms with Gasteiger partial charge in [-0.2, -0.15) is 0 Å². The summed E-state index contributed by atoms with van der Waals surface area (Å²) in [5.41, 5.74) is 0.956. The Kier molecular flexibility index (Phi) is 6.44. The van der Waals surface area contributed by atoms with Crippen LogP contribution in [0.4, 0.5) is 10.2 Å². The van der Waals surface area contributed by atoms with Gasteiger partial charge in [-0.3, -0.25) is 4.79 Å². The van der Waals surface area contributed by atoms with E-state index >= 15 is 0 Å². The van der Waals surface area contributed by atoms with E-state index in [0.717, 1.165) is 30.4 Å². The van der Waals surface area contributed by atoms with Crippen LogP contribution in [0.2, 0.25) is 0 Å². The van der Waals surface area contributed by atoms with Crippen molar-refractivity contribution in [2.24, 2.45) is 0 Å². The van der Waals surface area contributed by atoms with Crippen molar-refractivity contribution in [1.82, 2.24) is 14.9 Å². The number of anilines is 1. The van der Waals surface area contributed by atoms with Crippen LogP contribution >= 0.6 is 0 Å². The highest BCUT2D eigenvalue weighted by Gasteiger charge is 2.22. The number of ether oxygens (including phenoxy) is 1. The van der Waals surface area contributed by atoms with E-state index in [-0.39, 0.29) is 30.6 Å². The molecule has 0 saturated carbocycles. The number of rotatable bonds is 6. The fraction of sp³-hybridized carbons (Fsp3) is 0.476. The number of benzene rings is 1. The van der Waals surface area contributed by atoms with E-state index in [1.165, 1.54) is 6.07 Å². The zero-order valence-electron chi connectivity index (χ0n) is 16.7. The van der Waals surface area contributed by atoms with Crippen molar-refractivity contribution in [1.29, 1.82) is 0 Å². The van der Waals surface area contributed by atoms with Crippen LogP contribution in [0.1, 0.15) is 37.7 Å². The largest absolute Gasteiger partial charge is 0.490 e. The molecule has 0 radical (unpaired) electrons. The van der Waals surface area contributed by atoms with Crippen molar-refractivity contribution < 1.29 is 13.9 Å². The van der Waals surface area contributed by atoms with Gasteiger partial charge >= 0.3 is 0 Å². The maximum Gasteiger partial charge on any atom is 0.226 e. The Hall–Kier alpha value is -2.70. The summed E-state index contributed by atoms with van der Waals surface area (Å²) in [6.45, 7) is 9.05. The van der Waals surface area contributed by atoms with Crippen LogP contribution in [-0.2, 0) is 4.79 Å². The first-order valence-corrected chi connectivity index (χ1v) is 9.69. The molecule has 7 heteroatoms. The number of aromatic nitrogens is 2. The van der Waals surface area contributed by atoms with Crippen LogP contribution in [0.15, 0.2) is 30.3 Å². The molecule has 3 rings (SSSR count). The van der Waals surface area contributed by atoms with Gasteiger partial charge in [0.2, 0.25) is 5.91 Å². The first-order valence-electron chi connectivity index (χ1n) is 9.69. The topological polar surface area (TPSA) is 58.6 Å². The number of hydrogen-bond acceptors (Lipinski definition) is 5. The van der Waals surface area contributed by atoms with Crippen molar-refractivity contribution in [3.05, 3.63) is 47.7 Å². The summed E-state index contributed by atoms with van der Waals surface area (Å²) >= 11 is 0. The summed E-state index contributed by atoms with van der Waals surface area (Å²) in [6.07, 6.45) is 0.235. The van der Waals surface area contributed by atoms with Crippen LogP contribution < -0.4 is 9.64 Å². The fourth-order valence-electron chi connectivity index (χ4n) is 3.15. The number of nitrogens with zero attached hydrogens (tertiary/aromatic N) is 4. The van der Waals surface area contributed by atoms with Gasteiger partial charge < -0.3 is 14.5 Å². The van der Waals surface area contributed by atoms with Crippen molar-refractivity contribution in [2.75, 3.05) is 37.7 Å². The normalized spacial score (nSPS) is 14.5. The van der Waals surface area contributed by atoms with Crippen LogP contribution in [0, 0.1) is 12.7 Å². The van der Waals surface area contributed by atoms with E-state index < -0.39 is 5.82 Å². The summed E-state index contributed by atoms with van der Waals surface area (Å²) < 4.78 is 18.9. The zero-order valence-corrected chi connectivity index (χ0v) is 16.7. The Morgan fingerprint density at radius 1 is 1.18 bits per heavy atom. The summed E-state index contributed by atoms with van der Waals surface area (Å²) in [7, 11) is 0. The third kappa shape index (κ3) is 4.97. The van der Waals surface area contributed by atoms with Crippen LogP contribution in [-0.4, -0.2) is 53.6 Å². The molecule has 0 aliphatic carbocycles. The van der Waals surface area contributed by atoms with E-state index in [2.05, 4.69) is 28.7 Å². The van der Waals surface area contributed by atoms with Gasteiger partial charge in [-0.15, -0.1) is 0 Å². The van der Waals surface area contributed by atoms with Gasteiger partial charge in [-0.1, -0.05) is 26.0 Å². The van der Waals surface area contributed by atoms with Gasteiger partial charge in [0.15, 0.2) is 11.6 Å². The quantitative estimate of drug-likeness (QED) is 0.763. The third-order valence-corrected chi connectivity index (χ3v) is 4.74. The molecule has 1 fully saturated rings. The lowest BCUT2D eigenvalue weighted by Gasteiger charge is -2.35. The minimum absolute atomic E-state index is 0.0257. The predicted molar refractivity (Wildman–Crippen MR) is 106 cm³/mol. The van der Waals surface area contributed by atoms with Crippen molar-refractivity contribution >= 4 is 11.7 Å². The van der Waals surface area contributed by atoms with Crippen LogP contribution in [0.5, 0.6) is 5.75 Å². The first kappa shape index (κ1) is 20.0. The third-order valence-electron chi connectivity index (χ3n) is 4.74. The molecular formula is C21H27FN4O2. The summed E-state index contributed by atoms with van der Waals surface area (Å²) in [5.74, 6) is 1.84. The Balaban J connectivity index is 1.50. The van der Waals surface area contributed by atoms with Crippen molar-refractivity contribution in [3.63, 3.8) is 0 Å². The maximum absolute atomic E-state index is 13.5. The van der Waals surface area contributed by atoms with Crippen molar-refractivity contribution in [3.8, 4) is 5.75 Å². The molecule has 1 aliphatic rings. The Morgan fingerprint density at radius 2 is 1.89 bits per heavy atom. The number of hydrogen-bond donors (Lipinski definition) is 0. The monoisotopic (exact) mass is 386 g/mol. The number of amides is 1. The lowest BCUT2D eigenvalue weighted by molar-refractivity contribution is -0.132. The Bertz CT molecular complexity index is 820. The van der Waals surface area contributed by atoms with Gasteiger partial charge in [0.1, 0.15) is 11.6 Å². The average molecular weight is 386 g/mol. The molecule has 150 valence electrons. The highest BCUT2D eigenvalue weighted by molar-refractivity contribution is 5.76.